The van der Waals surface area contributed by atoms with Gasteiger partial charge in [-0.25, -0.2) is 9.98 Å². The molecule has 0 aliphatic heterocycles. The summed E-state index contributed by atoms with van der Waals surface area (Å²) in [7, 11) is 0. The first-order chi connectivity index (χ1) is 15.2. The van der Waals surface area contributed by atoms with Gasteiger partial charge in [-0.1, -0.05) is 12.6 Å². The Balaban J connectivity index is 1.86. The fraction of sp³-hybridized carbons (Fsp3) is 0.333. The number of nitrogens with zero attached hydrogens (tertiary/aromatic N) is 4. The molecular weight excluding hydrogens is 450 g/mol. The molecule has 176 valence electrons. The number of anilines is 1. The van der Waals surface area contributed by atoms with Crippen molar-refractivity contribution in [3.05, 3.63) is 66.0 Å². The van der Waals surface area contributed by atoms with Crippen molar-refractivity contribution in [1.29, 1.82) is 0 Å². The Morgan fingerprint density at radius 2 is 1.70 bits per heavy atom. The predicted octanol–water partition coefficient (Wildman–Crippen LogP) is 5.40. The van der Waals surface area contributed by atoms with Crippen molar-refractivity contribution in [2.45, 2.75) is 44.6 Å². The molecule has 0 bridgehead atoms. The summed E-state index contributed by atoms with van der Waals surface area (Å²) >= 11 is 0. The molecule has 2 aromatic heterocycles. The molecule has 0 saturated heterocycles. The highest BCUT2D eigenvalue weighted by molar-refractivity contribution is 6.05. The zero-order valence-corrected chi connectivity index (χ0v) is 17.6. The van der Waals surface area contributed by atoms with Gasteiger partial charge >= 0.3 is 12.4 Å². The second kappa shape index (κ2) is 8.83. The molecule has 3 rings (SSSR count). The third-order valence-electron chi connectivity index (χ3n) is 4.68. The fourth-order valence-corrected chi connectivity index (χ4v) is 2.66. The lowest BCUT2D eigenvalue weighted by Crippen LogP contribution is -2.34. The molecule has 33 heavy (non-hydrogen) atoms. The zero-order chi connectivity index (χ0) is 24.4. The molecule has 0 aromatic carbocycles. The third-order valence-corrected chi connectivity index (χ3v) is 4.68. The number of hydrogen-bond acceptors (Lipinski definition) is 4. The van der Waals surface area contributed by atoms with Gasteiger partial charge in [-0.3, -0.25) is 4.98 Å². The quantitative estimate of drug-likeness (QED) is 0.349. The van der Waals surface area contributed by atoms with Gasteiger partial charge in [-0.2, -0.15) is 31.3 Å². The molecule has 0 radical (unpaired) electrons. The third kappa shape index (κ3) is 6.77. The Bertz CT molecular complexity index is 1100. The van der Waals surface area contributed by atoms with Gasteiger partial charge in [-0.15, -0.1) is 0 Å². The first-order valence-electron chi connectivity index (χ1n) is 9.71. The Hall–Kier alpha value is -3.44. The number of guanidine groups is 1. The van der Waals surface area contributed by atoms with Gasteiger partial charge < -0.3 is 10.6 Å². The van der Waals surface area contributed by atoms with Crippen LogP contribution in [0.15, 0.2) is 58.9 Å². The number of alkyl halides is 6. The normalized spacial score (nSPS) is 16.4. The van der Waals surface area contributed by atoms with Crippen molar-refractivity contribution in [2.24, 2.45) is 9.98 Å². The van der Waals surface area contributed by atoms with Crippen LogP contribution in [0.1, 0.15) is 43.8 Å². The number of hydrogen-bond donors (Lipinski definition) is 2. The summed E-state index contributed by atoms with van der Waals surface area (Å²) in [5.74, 6) is 0.00365. The number of rotatable bonds is 5. The maximum atomic E-state index is 13.0. The van der Waals surface area contributed by atoms with Gasteiger partial charge in [0.05, 0.1) is 11.4 Å². The Kier molecular flexibility index (Phi) is 6.48. The van der Waals surface area contributed by atoms with E-state index >= 15 is 0 Å². The average Bonchev–Trinajstić information content (AvgIpc) is 3.43. The summed E-state index contributed by atoms with van der Waals surface area (Å²) < 4.78 is 77.5. The molecule has 2 aromatic rings. The number of halogens is 6. The van der Waals surface area contributed by atoms with E-state index in [1.165, 1.54) is 25.1 Å². The first kappa shape index (κ1) is 24.2. The molecule has 1 aliphatic rings. The first-order valence-corrected chi connectivity index (χ1v) is 9.71. The highest BCUT2D eigenvalue weighted by Crippen LogP contribution is 2.34. The van der Waals surface area contributed by atoms with Gasteiger partial charge in [0.1, 0.15) is 17.2 Å². The van der Waals surface area contributed by atoms with Gasteiger partial charge in [0.2, 0.25) is 5.96 Å². The van der Waals surface area contributed by atoms with Crippen molar-refractivity contribution in [1.82, 2.24) is 15.3 Å². The Morgan fingerprint density at radius 3 is 2.30 bits per heavy atom. The van der Waals surface area contributed by atoms with Crippen LogP contribution in [0, 0.1) is 0 Å². The van der Waals surface area contributed by atoms with Gasteiger partial charge in [-0.05, 0) is 51.0 Å². The monoisotopic (exact) mass is 470 g/mol. The minimum Gasteiger partial charge on any atom is -0.349 e. The van der Waals surface area contributed by atoms with E-state index < -0.39 is 23.7 Å². The lowest BCUT2D eigenvalue weighted by molar-refractivity contribution is -0.141. The molecule has 6 nitrogen and oxygen atoms in total. The van der Waals surface area contributed by atoms with Crippen molar-refractivity contribution >= 4 is 17.4 Å². The Morgan fingerprint density at radius 1 is 1.03 bits per heavy atom. The summed E-state index contributed by atoms with van der Waals surface area (Å²) in [4.78, 5) is 15.3. The van der Waals surface area contributed by atoms with Crippen molar-refractivity contribution in [3.63, 3.8) is 0 Å². The summed E-state index contributed by atoms with van der Waals surface area (Å²) in [6, 6.07) is 5.57. The average molecular weight is 470 g/mol. The Labute approximate surface area is 185 Å². The minimum atomic E-state index is -4.62. The molecule has 0 spiro atoms. The van der Waals surface area contributed by atoms with E-state index in [0.29, 0.717) is 0 Å². The van der Waals surface area contributed by atoms with E-state index in [1.807, 2.05) is 6.92 Å². The van der Waals surface area contributed by atoms with Crippen LogP contribution >= 0.6 is 0 Å². The van der Waals surface area contributed by atoms with Crippen LogP contribution in [0.3, 0.4) is 0 Å². The molecule has 0 unspecified atom stereocenters. The SMILES string of the molecule is C=C(/N=C(\N=C(/C)c1cccc(C(F)(F)F)n1)NC1(C)CC1)Nc1ccnc(C(F)(F)F)c1. The predicted molar refractivity (Wildman–Crippen MR) is 112 cm³/mol. The number of aromatic nitrogens is 2. The summed E-state index contributed by atoms with van der Waals surface area (Å²) in [5, 5.41) is 5.72. The lowest BCUT2D eigenvalue weighted by atomic mass is 10.2. The van der Waals surface area contributed by atoms with Crippen molar-refractivity contribution in [3.8, 4) is 0 Å². The lowest BCUT2D eigenvalue weighted by Gasteiger charge is -2.15. The van der Waals surface area contributed by atoms with Gasteiger partial charge in [0.25, 0.3) is 0 Å². The zero-order valence-electron chi connectivity index (χ0n) is 17.6. The van der Waals surface area contributed by atoms with Gasteiger partial charge in [0.15, 0.2) is 0 Å². The molecule has 2 heterocycles. The van der Waals surface area contributed by atoms with Crippen molar-refractivity contribution in [2.75, 3.05) is 5.32 Å². The second-order valence-electron chi connectivity index (χ2n) is 7.72. The fourth-order valence-electron chi connectivity index (χ4n) is 2.66. The molecule has 1 fully saturated rings. The molecule has 0 amide bonds. The number of nitrogens with one attached hydrogen (secondary N) is 2. The van der Waals surface area contributed by atoms with E-state index in [9.17, 15) is 26.3 Å². The molecule has 12 heteroatoms. The largest absolute Gasteiger partial charge is 0.433 e. The second-order valence-corrected chi connectivity index (χ2v) is 7.72. The van der Waals surface area contributed by atoms with Crippen LogP contribution in [-0.4, -0.2) is 27.2 Å². The van der Waals surface area contributed by atoms with E-state index in [-0.39, 0.29) is 34.4 Å². The van der Waals surface area contributed by atoms with Crippen LogP contribution in [0.25, 0.3) is 0 Å². The molecule has 0 atom stereocenters. The minimum absolute atomic E-state index is 0.00259. The van der Waals surface area contributed by atoms with Crippen LogP contribution in [-0.2, 0) is 12.4 Å². The highest BCUT2D eigenvalue weighted by Gasteiger charge is 2.38. The van der Waals surface area contributed by atoms with E-state index in [0.717, 1.165) is 31.2 Å². The molecule has 1 saturated carbocycles. The summed E-state index contributed by atoms with van der Waals surface area (Å²) in [5.41, 5.74) is -2.22. The summed E-state index contributed by atoms with van der Waals surface area (Å²) in [6.07, 6.45) is -6.59. The maximum absolute atomic E-state index is 13.0. The van der Waals surface area contributed by atoms with Crippen LogP contribution in [0.5, 0.6) is 0 Å². The topological polar surface area (TPSA) is 74.6 Å². The van der Waals surface area contributed by atoms with Crippen LogP contribution < -0.4 is 10.6 Å². The number of pyridine rings is 2. The van der Waals surface area contributed by atoms with Crippen molar-refractivity contribution < 1.29 is 26.3 Å². The van der Waals surface area contributed by atoms with E-state index in [2.05, 4.69) is 37.2 Å². The number of aliphatic imine (C=N–C) groups is 2. The maximum Gasteiger partial charge on any atom is 0.433 e. The van der Waals surface area contributed by atoms with Crippen LogP contribution in [0.4, 0.5) is 32.0 Å². The highest BCUT2D eigenvalue weighted by atomic mass is 19.4. The standard InChI is InChI=1S/C21H20F6N6/c1-12(15-5-4-6-16(32-15)20(22,23)24)29-18(33-19(3)8-9-19)31-13(2)30-14-7-10-28-17(11-14)21(25,26)27/h4-7,10-11H,2,8-9H2,1,3H3,(H,28,30)(H,31,33)/b29-12+. The van der Waals surface area contributed by atoms with E-state index in [4.69, 9.17) is 0 Å². The smallest absolute Gasteiger partial charge is 0.349 e. The van der Waals surface area contributed by atoms with E-state index in [1.54, 1.807) is 0 Å². The van der Waals surface area contributed by atoms with Crippen LogP contribution in [0.2, 0.25) is 0 Å². The molecule has 2 N–H and O–H groups in total. The molecular formula is C21H20F6N6. The molecule has 1 aliphatic carbocycles. The summed E-state index contributed by atoms with van der Waals surface area (Å²) in [6.45, 7) is 7.07. The van der Waals surface area contributed by atoms with Gasteiger partial charge in [0, 0.05) is 17.4 Å².